The lowest BCUT2D eigenvalue weighted by molar-refractivity contribution is 0.0951. The predicted molar refractivity (Wildman–Crippen MR) is 105 cm³/mol. The van der Waals surface area contributed by atoms with Crippen molar-refractivity contribution in [3.8, 4) is 0 Å². The van der Waals surface area contributed by atoms with Crippen LogP contribution in [-0.4, -0.2) is 17.4 Å². The van der Waals surface area contributed by atoms with Gasteiger partial charge in [-0.15, -0.1) is 23.1 Å². The number of rotatable bonds is 7. The van der Waals surface area contributed by atoms with Crippen molar-refractivity contribution in [2.75, 3.05) is 6.54 Å². The van der Waals surface area contributed by atoms with Crippen molar-refractivity contribution in [3.05, 3.63) is 81.8 Å². The Bertz CT molecular complexity index is 830. The number of nitrogens with zero attached hydrogens (tertiary/aromatic N) is 1. The highest BCUT2D eigenvalue weighted by Gasteiger charge is 2.11. The van der Waals surface area contributed by atoms with Gasteiger partial charge in [0.15, 0.2) is 0 Å². The van der Waals surface area contributed by atoms with Crippen LogP contribution in [0, 0.1) is 6.92 Å². The van der Waals surface area contributed by atoms with Crippen molar-refractivity contribution in [2.24, 2.45) is 0 Å². The molecule has 2 aromatic carbocycles. The van der Waals surface area contributed by atoms with Gasteiger partial charge in [0.25, 0.3) is 5.91 Å². The second-order valence-electron chi connectivity index (χ2n) is 5.63. The highest BCUT2D eigenvalue weighted by atomic mass is 32.2. The average molecular weight is 369 g/mol. The number of carbonyl (C=O) groups is 1. The molecule has 3 nitrogen and oxygen atoms in total. The van der Waals surface area contributed by atoms with Crippen molar-refractivity contribution in [1.82, 2.24) is 10.3 Å². The van der Waals surface area contributed by atoms with Gasteiger partial charge in [-0.05, 0) is 31.0 Å². The molecule has 1 N–H and O–H groups in total. The molecular formula is C20H20N2OS2. The molecule has 3 aromatic rings. The second-order valence-corrected chi connectivity index (χ2v) is 7.71. The van der Waals surface area contributed by atoms with Crippen molar-refractivity contribution >= 4 is 29.0 Å². The number of thioether (sulfide) groups is 1. The number of aromatic nitrogens is 1. The predicted octanol–water partition coefficient (Wildman–Crippen LogP) is 4.72. The van der Waals surface area contributed by atoms with Crippen LogP contribution in [0.15, 0.2) is 64.9 Å². The lowest BCUT2D eigenvalue weighted by Crippen LogP contribution is -2.26. The smallest absolute Gasteiger partial charge is 0.252 e. The molecule has 128 valence electrons. The molecule has 0 saturated carbocycles. The summed E-state index contributed by atoms with van der Waals surface area (Å²) in [6.45, 7) is 2.64. The van der Waals surface area contributed by atoms with Gasteiger partial charge in [0, 0.05) is 22.6 Å². The monoisotopic (exact) mass is 368 g/mol. The number of hydrogen-bond donors (Lipinski definition) is 1. The highest BCUT2D eigenvalue weighted by Crippen LogP contribution is 2.26. The Hall–Kier alpha value is -2.11. The Balaban J connectivity index is 1.58. The standard InChI is InChI=1S/C20H20N2OS2/c1-15-22-17(13-24-15)14-25-19-10-6-5-9-18(19)20(23)21-12-11-16-7-3-2-4-8-16/h2-10,13H,11-12,14H2,1H3,(H,21,23). The Labute approximate surface area is 156 Å². The minimum atomic E-state index is -0.0199. The van der Waals surface area contributed by atoms with Crippen LogP contribution in [0.1, 0.15) is 26.6 Å². The largest absolute Gasteiger partial charge is 0.352 e. The van der Waals surface area contributed by atoms with E-state index in [1.165, 1.54) is 5.56 Å². The third-order valence-electron chi connectivity index (χ3n) is 3.72. The van der Waals surface area contributed by atoms with E-state index in [1.807, 2.05) is 49.4 Å². The second kappa shape index (κ2) is 8.83. The van der Waals surface area contributed by atoms with Gasteiger partial charge in [0.05, 0.1) is 16.3 Å². The van der Waals surface area contributed by atoms with Gasteiger partial charge in [0.2, 0.25) is 0 Å². The summed E-state index contributed by atoms with van der Waals surface area (Å²) >= 11 is 3.31. The van der Waals surface area contributed by atoms with Gasteiger partial charge in [-0.1, -0.05) is 42.5 Å². The minimum absolute atomic E-state index is 0.0199. The first kappa shape index (κ1) is 17.7. The number of nitrogens with one attached hydrogen (secondary N) is 1. The molecule has 0 atom stereocenters. The highest BCUT2D eigenvalue weighted by molar-refractivity contribution is 7.98. The van der Waals surface area contributed by atoms with Crippen LogP contribution in [0.2, 0.25) is 0 Å². The van der Waals surface area contributed by atoms with Gasteiger partial charge in [-0.25, -0.2) is 4.98 Å². The van der Waals surface area contributed by atoms with E-state index in [4.69, 9.17) is 0 Å². The van der Waals surface area contributed by atoms with Crippen LogP contribution < -0.4 is 5.32 Å². The first-order valence-electron chi connectivity index (χ1n) is 8.17. The number of benzene rings is 2. The molecule has 1 heterocycles. The molecule has 1 aromatic heterocycles. The summed E-state index contributed by atoms with van der Waals surface area (Å²) in [6.07, 6.45) is 0.833. The van der Waals surface area contributed by atoms with Crippen LogP contribution >= 0.6 is 23.1 Å². The van der Waals surface area contributed by atoms with E-state index >= 15 is 0 Å². The molecule has 0 fully saturated rings. The Morgan fingerprint density at radius 2 is 1.88 bits per heavy atom. The maximum Gasteiger partial charge on any atom is 0.252 e. The lowest BCUT2D eigenvalue weighted by atomic mass is 10.1. The summed E-state index contributed by atoms with van der Waals surface area (Å²) < 4.78 is 0. The lowest BCUT2D eigenvalue weighted by Gasteiger charge is -2.09. The van der Waals surface area contributed by atoms with E-state index in [1.54, 1.807) is 23.1 Å². The third-order valence-corrected chi connectivity index (χ3v) is 5.65. The van der Waals surface area contributed by atoms with Gasteiger partial charge in [0.1, 0.15) is 0 Å². The van der Waals surface area contributed by atoms with Crippen LogP contribution in [0.25, 0.3) is 0 Å². The summed E-state index contributed by atoms with van der Waals surface area (Å²) in [4.78, 5) is 18.0. The SMILES string of the molecule is Cc1nc(CSc2ccccc2C(=O)NCCc2ccccc2)cs1. The molecule has 0 spiro atoms. The van der Waals surface area contributed by atoms with Gasteiger partial charge >= 0.3 is 0 Å². The van der Waals surface area contributed by atoms with Gasteiger partial charge < -0.3 is 5.32 Å². The zero-order valence-corrected chi connectivity index (χ0v) is 15.7. The van der Waals surface area contributed by atoms with Gasteiger partial charge in [-0.3, -0.25) is 4.79 Å². The Kier molecular flexibility index (Phi) is 6.25. The molecular weight excluding hydrogens is 348 g/mol. The molecule has 0 aliphatic heterocycles. The zero-order chi connectivity index (χ0) is 17.5. The number of thiazole rings is 1. The van der Waals surface area contributed by atoms with E-state index in [0.29, 0.717) is 6.54 Å². The van der Waals surface area contributed by atoms with Crippen LogP contribution in [0.4, 0.5) is 0 Å². The quantitative estimate of drug-likeness (QED) is 0.614. The van der Waals surface area contributed by atoms with E-state index in [9.17, 15) is 4.79 Å². The first-order valence-corrected chi connectivity index (χ1v) is 10.0. The fourth-order valence-corrected chi connectivity index (χ4v) is 4.13. The number of carbonyl (C=O) groups excluding carboxylic acids is 1. The summed E-state index contributed by atoms with van der Waals surface area (Å²) in [5.41, 5.74) is 3.02. The molecule has 1 amide bonds. The summed E-state index contributed by atoms with van der Waals surface area (Å²) in [5.74, 6) is 0.757. The fraction of sp³-hybridized carbons (Fsp3) is 0.200. The topological polar surface area (TPSA) is 42.0 Å². The van der Waals surface area contributed by atoms with Crippen LogP contribution in [0.5, 0.6) is 0 Å². The number of hydrogen-bond acceptors (Lipinski definition) is 4. The summed E-state index contributed by atoms with van der Waals surface area (Å²) in [7, 11) is 0. The number of amides is 1. The van der Waals surface area contributed by atoms with Gasteiger partial charge in [-0.2, -0.15) is 0 Å². The zero-order valence-electron chi connectivity index (χ0n) is 14.1. The maximum atomic E-state index is 12.5. The fourth-order valence-electron chi connectivity index (χ4n) is 2.47. The maximum absolute atomic E-state index is 12.5. The molecule has 3 rings (SSSR count). The molecule has 5 heteroatoms. The minimum Gasteiger partial charge on any atom is -0.352 e. The van der Waals surface area contributed by atoms with Crippen molar-refractivity contribution < 1.29 is 4.79 Å². The van der Waals surface area contributed by atoms with E-state index in [0.717, 1.165) is 33.3 Å². The van der Waals surface area contributed by atoms with E-state index < -0.39 is 0 Å². The van der Waals surface area contributed by atoms with E-state index in [2.05, 4.69) is 27.8 Å². The molecule has 0 unspecified atom stereocenters. The van der Waals surface area contributed by atoms with E-state index in [-0.39, 0.29) is 5.91 Å². The average Bonchev–Trinajstić information content (AvgIpc) is 3.06. The van der Waals surface area contributed by atoms with Crippen molar-refractivity contribution in [3.63, 3.8) is 0 Å². The normalized spacial score (nSPS) is 10.6. The van der Waals surface area contributed by atoms with Crippen LogP contribution in [-0.2, 0) is 12.2 Å². The Morgan fingerprint density at radius 3 is 2.64 bits per heavy atom. The molecule has 0 saturated heterocycles. The molecule has 0 bridgehead atoms. The Morgan fingerprint density at radius 1 is 1.12 bits per heavy atom. The molecule has 0 radical (unpaired) electrons. The summed E-state index contributed by atoms with van der Waals surface area (Å²) in [5, 5.41) is 6.17. The summed E-state index contributed by atoms with van der Waals surface area (Å²) in [6, 6.07) is 17.9. The van der Waals surface area contributed by atoms with Crippen molar-refractivity contribution in [1.29, 1.82) is 0 Å². The molecule has 0 aliphatic rings. The molecule has 0 aliphatic carbocycles. The third kappa shape index (κ3) is 5.18. The van der Waals surface area contributed by atoms with Crippen molar-refractivity contribution in [2.45, 2.75) is 24.0 Å². The van der Waals surface area contributed by atoms with Crippen LogP contribution in [0.3, 0.4) is 0 Å². The number of aryl methyl sites for hydroxylation is 1. The molecule has 25 heavy (non-hydrogen) atoms. The first-order chi connectivity index (χ1) is 12.2.